The van der Waals surface area contributed by atoms with Crippen LogP contribution in [-0.4, -0.2) is 40.1 Å². The number of fused-ring (bicyclic) bond motifs is 1. The molecule has 0 unspecified atom stereocenters. The molecule has 0 bridgehead atoms. The van der Waals surface area contributed by atoms with Gasteiger partial charge in [0, 0.05) is 6.07 Å². The topological polar surface area (TPSA) is 96.6 Å². The Kier molecular flexibility index (Phi) is 8.30. The number of halogens is 1. The van der Waals surface area contributed by atoms with Gasteiger partial charge in [0.15, 0.2) is 29.0 Å². The summed E-state index contributed by atoms with van der Waals surface area (Å²) < 4.78 is 26.7. The Bertz CT molecular complexity index is 816. The molecule has 1 heterocycles. The molecule has 1 aliphatic rings. The maximum atomic E-state index is 5.89. The molecule has 0 fully saturated rings. The molecule has 3 rings (SSSR count). The fourth-order valence-electron chi connectivity index (χ4n) is 2.53. The van der Waals surface area contributed by atoms with Crippen molar-refractivity contribution in [1.82, 2.24) is 5.32 Å². The van der Waals surface area contributed by atoms with Crippen molar-refractivity contribution in [3.8, 4) is 28.7 Å². The highest BCUT2D eigenvalue weighted by atomic mass is 127. The quantitative estimate of drug-likeness (QED) is 0.249. The number of nitrogens with zero attached hydrogens (tertiary/aromatic N) is 1. The molecule has 3 N–H and O–H groups in total. The van der Waals surface area contributed by atoms with Crippen LogP contribution in [0, 0.1) is 0 Å². The van der Waals surface area contributed by atoms with Crippen LogP contribution in [0.25, 0.3) is 0 Å². The summed E-state index contributed by atoms with van der Waals surface area (Å²) in [6.45, 7) is 1.64. The first-order valence-corrected chi connectivity index (χ1v) is 8.46. The summed E-state index contributed by atoms with van der Waals surface area (Å²) in [7, 11) is 3.20. The normalized spacial score (nSPS) is 12.1. The number of nitrogens with one attached hydrogen (secondary N) is 1. The highest BCUT2D eigenvalue weighted by Gasteiger charge is 2.13. The van der Waals surface area contributed by atoms with Crippen LogP contribution < -0.4 is 34.7 Å². The zero-order valence-corrected chi connectivity index (χ0v) is 18.1. The van der Waals surface area contributed by atoms with Gasteiger partial charge in [-0.3, -0.25) is 0 Å². The molecule has 0 radical (unpaired) electrons. The Morgan fingerprint density at radius 2 is 1.86 bits per heavy atom. The largest absolute Gasteiger partial charge is 0.493 e. The Morgan fingerprint density at radius 1 is 1.07 bits per heavy atom. The number of guanidine groups is 1. The van der Waals surface area contributed by atoms with Crippen molar-refractivity contribution in [3.63, 3.8) is 0 Å². The molecule has 0 amide bonds. The maximum absolute atomic E-state index is 5.89. The minimum atomic E-state index is 0. The van der Waals surface area contributed by atoms with Gasteiger partial charge in [0.2, 0.25) is 6.79 Å². The average Bonchev–Trinajstić information content (AvgIpc) is 3.17. The number of rotatable bonds is 8. The van der Waals surface area contributed by atoms with Crippen LogP contribution in [-0.2, 0) is 6.54 Å². The summed E-state index contributed by atoms with van der Waals surface area (Å²) in [6.07, 6.45) is 0. The van der Waals surface area contributed by atoms with Crippen LogP contribution >= 0.6 is 24.0 Å². The Hall–Kier alpha value is -2.56. The summed E-state index contributed by atoms with van der Waals surface area (Å²) in [6, 6.07) is 11.1. The van der Waals surface area contributed by atoms with E-state index < -0.39 is 0 Å². The first-order valence-electron chi connectivity index (χ1n) is 8.46. The van der Waals surface area contributed by atoms with Gasteiger partial charge in [-0.15, -0.1) is 24.0 Å². The molecule has 0 atom stereocenters. The standard InChI is InChI=1S/C19H23N3O5.HI/c1-23-15-5-3-13(9-17(15)24-2)11-22-19(20)21-7-8-25-14-4-6-16-18(10-14)27-12-26-16;/h3-6,9-10H,7-8,11-12H2,1-2H3,(H3,20,21,22);1H. The third-order valence-corrected chi connectivity index (χ3v) is 3.90. The highest BCUT2D eigenvalue weighted by molar-refractivity contribution is 14.0. The van der Waals surface area contributed by atoms with Gasteiger partial charge in [0.25, 0.3) is 0 Å². The van der Waals surface area contributed by atoms with Gasteiger partial charge in [-0.1, -0.05) is 6.07 Å². The SMILES string of the molecule is COc1ccc(CN=C(N)NCCOc2ccc3c(c2)OCO3)cc1OC.I. The van der Waals surface area contributed by atoms with Crippen LogP contribution in [0.3, 0.4) is 0 Å². The molecule has 8 nitrogen and oxygen atoms in total. The molecule has 2 aromatic rings. The Labute approximate surface area is 181 Å². The average molecular weight is 501 g/mol. The molecule has 0 aliphatic carbocycles. The van der Waals surface area contributed by atoms with Gasteiger partial charge < -0.3 is 34.7 Å². The summed E-state index contributed by atoms with van der Waals surface area (Å²) in [5.41, 5.74) is 6.86. The van der Waals surface area contributed by atoms with Crippen molar-refractivity contribution in [2.45, 2.75) is 6.54 Å². The third kappa shape index (κ3) is 5.72. The molecule has 9 heteroatoms. The lowest BCUT2D eigenvalue weighted by atomic mass is 10.2. The predicted molar refractivity (Wildman–Crippen MR) is 116 cm³/mol. The van der Waals surface area contributed by atoms with E-state index in [-0.39, 0.29) is 30.8 Å². The first kappa shape index (κ1) is 21.7. The lowest BCUT2D eigenvalue weighted by Gasteiger charge is -2.10. The van der Waals surface area contributed by atoms with E-state index in [1.54, 1.807) is 20.3 Å². The van der Waals surface area contributed by atoms with Crippen molar-refractivity contribution < 1.29 is 23.7 Å². The first-order chi connectivity index (χ1) is 13.2. The molecule has 0 saturated heterocycles. The Morgan fingerprint density at radius 3 is 2.64 bits per heavy atom. The van der Waals surface area contributed by atoms with Crippen LogP contribution in [0.1, 0.15) is 5.56 Å². The van der Waals surface area contributed by atoms with Crippen molar-refractivity contribution in [2.24, 2.45) is 10.7 Å². The summed E-state index contributed by atoms with van der Waals surface area (Å²) in [5, 5.41) is 3.02. The zero-order chi connectivity index (χ0) is 19.1. The fourth-order valence-corrected chi connectivity index (χ4v) is 2.53. The zero-order valence-electron chi connectivity index (χ0n) is 15.8. The Balaban J connectivity index is 0.00000280. The van der Waals surface area contributed by atoms with Gasteiger partial charge in [-0.25, -0.2) is 4.99 Å². The number of methoxy groups -OCH3 is 2. The number of hydrogen-bond donors (Lipinski definition) is 2. The summed E-state index contributed by atoms with van der Waals surface area (Å²) in [4.78, 5) is 4.31. The number of aliphatic imine (C=N–C) groups is 1. The van der Waals surface area contributed by atoms with E-state index in [9.17, 15) is 0 Å². The van der Waals surface area contributed by atoms with Crippen LogP contribution in [0.4, 0.5) is 0 Å². The van der Waals surface area contributed by atoms with E-state index in [4.69, 9.17) is 29.4 Å². The molecule has 0 aromatic heterocycles. The molecule has 28 heavy (non-hydrogen) atoms. The van der Waals surface area contributed by atoms with Crippen molar-refractivity contribution in [3.05, 3.63) is 42.0 Å². The number of ether oxygens (including phenoxy) is 5. The lowest BCUT2D eigenvalue weighted by molar-refractivity contribution is 0.173. The minimum absolute atomic E-state index is 0. The number of nitrogens with two attached hydrogens (primary N) is 1. The van der Waals surface area contributed by atoms with E-state index in [0.29, 0.717) is 48.7 Å². The highest BCUT2D eigenvalue weighted by Crippen LogP contribution is 2.35. The van der Waals surface area contributed by atoms with Gasteiger partial charge in [-0.05, 0) is 29.8 Å². The second-order valence-corrected chi connectivity index (χ2v) is 5.68. The van der Waals surface area contributed by atoms with E-state index in [1.165, 1.54) is 0 Å². The fraction of sp³-hybridized carbons (Fsp3) is 0.316. The van der Waals surface area contributed by atoms with Gasteiger partial charge in [0.05, 0.1) is 27.3 Å². The summed E-state index contributed by atoms with van der Waals surface area (Å²) >= 11 is 0. The van der Waals surface area contributed by atoms with Crippen molar-refractivity contribution >= 4 is 29.9 Å². The molecule has 2 aromatic carbocycles. The number of benzene rings is 2. The maximum Gasteiger partial charge on any atom is 0.231 e. The molecule has 0 spiro atoms. The van der Waals surface area contributed by atoms with Gasteiger partial charge in [-0.2, -0.15) is 0 Å². The third-order valence-electron chi connectivity index (χ3n) is 3.90. The summed E-state index contributed by atoms with van der Waals surface area (Å²) in [5.74, 6) is 3.82. The van der Waals surface area contributed by atoms with E-state index >= 15 is 0 Å². The van der Waals surface area contributed by atoms with Gasteiger partial charge >= 0.3 is 0 Å². The van der Waals surface area contributed by atoms with Crippen LogP contribution in [0.15, 0.2) is 41.4 Å². The molecule has 0 saturated carbocycles. The predicted octanol–water partition coefficient (Wildman–Crippen LogP) is 2.53. The second-order valence-electron chi connectivity index (χ2n) is 5.68. The second kappa shape index (κ2) is 10.7. The van der Waals surface area contributed by atoms with E-state index in [1.807, 2.05) is 30.3 Å². The van der Waals surface area contributed by atoms with Crippen LogP contribution in [0.5, 0.6) is 28.7 Å². The van der Waals surface area contributed by atoms with Crippen molar-refractivity contribution in [2.75, 3.05) is 34.2 Å². The smallest absolute Gasteiger partial charge is 0.231 e. The minimum Gasteiger partial charge on any atom is -0.493 e. The molecular weight excluding hydrogens is 477 g/mol. The van der Waals surface area contributed by atoms with Gasteiger partial charge in [0.1, 0.15) is 12.4 Å². The monoisotopic (exact) mass is 501 g/mol. The molecule has 152 valence electrons. The number of hydrogen-bond acceptors (Lipinski definition) is 6. The van der Waals surface area contributed by atoms with Crippen molar-refractivity contribution in [1.29, 1.82) is 0 Å². The lowest BCUT2D eigenvalue weighted by Crippen LogP contribution is -2.34. The molecule has 1 aliphatic heterocycles. The van der Waals surface area contributed by atoms with Crippen LogP contribution in [0.2, 0.25) is 0 Å². The van der Waals surface area contributed by atoms with E-state index in [2.05, 4.69) is 10.3 Å². The molecular formula is C19H24IN3O5. The van der Waals surface area contributed by atoms with E-state index in [0.717, 1.165) is 11.3 Å².